The van der Waals surface area contributed by atoms with Crippen LogP contribution in [0.25, 0.3) is 6.08 Å². The normalized spacial score (nSPS) is 16.6. The Hall–Kier alpha value is -2.20. The first-order valence-electron chi connectivity index (χ1n) is 5.86. The number of hydrogen-bond donors (Lipinski definition) is 0. The van der Waals surface area contributed by atoms with Gasteiger partial charge in [-0.25, -0.2) is 9.79 Å². The second-order valence-electron chi connectivity index (χ2n) is 4.17. The molecule has 0 aliphatic carbocycles. The van der Waals surface area contributed by atoms with Gasteiger partial charge in [-0.15, -0.1) is 11.3 Å². The smallest absolute Gasteiger partial charge is 0.363 e. The Labute approximate surface area is 114 Å². The van der Waals surface area contributed by atoms with Crippen LogP contribution >= 0.6 is 11.3 Å². The predicted octanol–water partition coefficient (Wildman–Crippen LogP) is 3.40. The number of rotatable bonds is 2. The van der Waals surface area contributed by atoms with E-state index in [-0.39, 0.29) is 0 Å². The minimum Gasteiger partial charge on any atom is -0.401 e. The van der Waals surface area contributed by atoms with Gasteiger partial charge in [-0.1, -0.05) is 30.3 Å². The Morgan fingerprint density at radius 1 is 1.21 bits per heavy atom. The van der Waals surface area contributed by atoms with Crippen LogP contribution in [0.4, 0.5) is 0 Å². The van der Waals surface area contributed by atoms with Crippen LogP contribution in [-0.2, 0) is 9.53 Å². The average Bonchev–Trinajstić information content (AvgIpc) is 3.02. The molecule has 0 N–H and O–H groups in total. The third-order valence-electron chi connectivity index (χ3n) is 2.83. The van der Waals surface area contributed by atoms with Crippen LogP contribution in [0.1, 0.15) is 16.0 Å². The molecule has 2 aromatic rings. The van der Waals surface area contributed by atoms with Crippen molar-refractivity contribution in [1.82, 2.24) is 0 Å². The summed E-state index contributed by atoms with van der Waals surface area (Å²) >= 11 is 1.50. The van der Waals surface area contributed by atoms with Crippen molar-refractivity contribution in [3.05, 3.63) is 63.5 Å². The number of carbonyl (C=O) groups is 1. The van der Waals surface area contributed by atoms with E-state index >= 15 is 0 Å². The molecule has 19 heavy (non-hydrogen) atoms. The van der Waals surface area contributed by atoms with Gasteiger partial charge in [0, 0.05) is 0 Å². The molecule has 0 atom stereocenters. The molecule has 0 saturated carbocycles. The molecule has 1 aromatic heterocycles. The maximum absolute atomic E-state index is 11.8. The van der Waals surface area contributed by atoms with Crippen molar-refractivity contribution in [2.24, 2.45) is 4.99 Å². The zero-order valence-corrected chi connectivity index (χ0v) is 11.1. The molecule has 0 saturated heterocycles. The molecule has 0 fully saturated rings. The number of carbonyl (C=O) groups excluding carboxylic acids is 1. The van der Waals surface area contributed by atoms with Crippen molar-refractivity contribution >= 4 is 29.3 Å². The van der Waals surface area contributed by atoms with Crippen LogP contribution in [-0.4, -0.2) is 11.9 Å². The van der Waals surface area contributed by atoms with Crippen molar-refractivity contribution in [3.63, 3.8) is 0 Å². The molecule has 4 heteroatoms. The number of benzene rings is 1. The Balaban J connectivity index is 1.98. The van der Waals surface area contributed by atoms with Gasteiger partial charge in [0.1, 0.15) is 0 Å². The number of nitrogens with zero attached hydrogens (tertiary/aromatic N) is 1. The second kappa shape index (κ2) is 4.82. The van der Waals surface area contributed by atoms with E-state index in [0.29, 0.717) is 11.6 Å². The van der Waals surface area contributed by atoms with Gasteiger partial charge in [0.2, 0.25) is 5.90 Å². The van der Waals surface area contributed by atoms with Crippen molar-refractivity contribution in [1.29, 1.82) is 0 Å². The molecule has 3 nitrogen and oxygen atoms in total. The van der Waals surface area contributed by atoms with Crippen LogP contribution < -0.4 is 0 Å². The quantitative estimate of drug-likeness (QED) is 0.619. The van der Waals surface area contributed by atoms with Crippen molar-refractivity contribution in [2.45, 2.75) is 6.92 Å². The summed E-state index contributed by atoms with van der Waals surface area (Å²) in [5, 5.41) is 1.93. The average molecular weight is 269 g/mol. The monoisotopic (exact) mass is 269 g/mol. The fourth-order valence-corrected chi connectivity index (χ4v) is 2.46. The Morgan fingerprint density at radius 3 is 2.79 bits per heavy atom. The van der Waals surface area contributed by atoms with Gasteiger partial charge in [-0.3, -0.25) is 0 Å². The van der Waals surface area contributed by atoms with E-state index in [4.69, 9.17) is 4.74 Å². The van der Waals surface area contributed by atoms with Gasteiger partial charge in [0.25, 0.3) is 0 Å². The molecule has 94 valence electrons. The third kappa shape index (κ3) is 2.35. The van der Waals surface area contributed by atoms with Gasteiger partial charge in [0.15, 0.2) is 5.70 Å². The van der Waals surface area contributed by atoms with E-state index in [2.05, 4.69) is 4.99 Å². The summed E-state index contributed by atoms with van der Waals surface area (Å²) in [6.45, 7) is 2.00. The van der Waals surface area contributed by atoms with Crippen LogP contribution in [0.15, 0.2) is 52.5 Å². The van der Waals surface area contributed by atoms with Gasteiger partial charge < -0.3 is 4.74 Å². The first-order chi connectivity index (χ1) is 9.24. The molecule has 1 aliphatic heterocycles. The molecular formula is C15H11NO2S. The molecule has 1 aliphatic rings. The zero-order valence-electron chi connectivity index (χ0n) is 10.3. The number of hydrogen-bond acceptors (Lipinski definition) is 4. The topological polar surface area (TPSA) is 38.7 Å². The summed E-state index contributed by atoms with van der Waals surface area (Å²) in [5.74, 6) is -0.00788. The number of aryl methyl sites for hydroxylation is 1. The molecule has 0 radical (unpaired) electrons. The summed E-state index contributed by atoms with van der Waals surface area (Å²) in [6.07, 6.45) is 1.76. The molecule has 0 unspecified atom stereocenters. The molecular weight excluding hydrogens is 258 g/mol. The largest absolute Gasteiger partial charge is 0.401 e. The summed E-state index contributed by atoms with van der Waals surface area (Å²) < 4.78 is 5.18. The van der Waals surface area contributed by atoms with Crippen LogP contribution in [0, 0.1) is 6.92 Å². The van der Waals surface area contributed by atoms with Crippen molar-refractivity contribution < 1.29 is 9.53 Å². The fraction of sp³-hybridized carbons (Fsp3) is 0.0667. The minimum absolute atomic E-state index is 0.345. The van der Waals surface area contributed by atoms with Gasteiger partial charge >= 0.3 is 5.97 Å². The van der Waals surface area contributed by atoms with E-state index < -0.39 is 5.97 Å². The lowest BCUT2D eigenvalue weighted by atomic mass is 10.1. The Morgan fingerprint density at radius 2 is 2.05 bits per heavy atom. The number of esters is 1. The third-order valence-corrected chi connectivity index (χ3v) is 3.69. The predicted molar refractivity (Wildman–Crippen MR) is 76.1 cm³/mol. The SMILES string of the molecule is Cc1ccccc1/C=C1\N=C(c2cccs2)OC1=O. The Kier molecular flexibility index (Phi) is 3.01. The number of thiophene rings is 1. The summed E-state index contributed by atoms with van der Waals surface area (Å²) in [5.41, 5.74) is 2.42. The Bertz CT molecular complexity index is 684. The highest BCUT2D eigenvalue weighted by Crippen LogP contribution is 2.22. The lowest BCUT2D eigenvalue weighted by molar-refractivity contribution is -0.129. The van der Waals surface area contributed by atoms with Crippen LogP contribution in [0.2, 0.25) is 0 Å². The number of aliphatic imine (C=N–C) groups is 1. The highest BCUT2D eigenvalue weighted by Gasteiger charge is 2.24. The highest BCUT2D eigenvalue weighted by atomic mass is 32.1. The lowest BCUT2D eigenvalue weighted by Gasteiger charge is -1.98. The van der Waals surface area contributed by atoms with E-state index in [0.717, 1.165) is 16.0 Å². The molecule has 2 heterocycles. The molecule has 0 spiro atoms. The van der Waals surface area contributed by atoms with Crippen molar-refractivity contribution in [3.8, 4) is 0 Å². The summed E-state index contributed by atoms with van der Waals surface area (Å²) in [4.78, 5) is 16.9. The fourth-order valence-electron chi connectivity index (χ4n) is 1.81. The van der Waals surface area contributed by atoms with Crippen LogP contribution in [0.5, 0.6) is 0 Å². The maximum atomic E-state index is 11.8. The van der Waals surface area contributed by atoms with E-state index in [9.17, 15) is 4.79 Å². The number of cyclic esters (lactones) is 1. The standard InChI is InChI=1S/C15H11NO2S/c1-10-5-2-3-6-11(10)9-12-15(17)18-14(16-12)13-7-4-8-19-13/h2-9H,1H3/b12-9-. The molecule has 3 rings (SSSR count). The van der Waals surface area contributed by atoms with Gasteiger partial charge in [0.05, 0.1) is 4.88 Å². The summed E-state index contributed by atoms with van der Waals surface area (Å²) in [6, 6.07) is 11.6. The lowest BCUT2D eigenvalue weighted by Crippen LogP contribution is -2.03. The van der Waals surface area contributed by atoms with Crippen LogP contribution in [0.3, 0.4) is 0 Å². The number of ether oxygens (including phenoxy) is 1. The molecule has 1 aromatic carbocycles. The first-order valence-corrected chi connectivity index (χ1v) is 6.74. The first kappa shape index (κ1) is 11.9. The maximum Gasteiger partial charge on any atom is 0.363 e. The van der Waals surface area contributed by atoms with Gasteiger partial charge in [-0.2, -0.15) is 0 Å². The van der Waals surface area contributed by atoms with Gasteiger partial charge in [-0.05, 0) is 35.6 Å². The summed E-state index contributed by atoms with van der Waals surface area (Å²) in [7, 11) is 0. The zero-order chi connectivity index (χ0) is 13.2. The molecule has 0 bridgehead atoms. The second-order valence-corrected chi connectivity index (χ2v) is 5.12. The van der Waals surface area contributed by atoms with Crippen molar-refractivity contribution in [2.75, 3.05) is 0 Å². The molecule has 0 amide bonds. The van der Waals surface area contributed by atoms with E-state index in [1.54, 1.807) is 6.08 Å². The van der Waals surface area contributed by atoms with E-state index in [1.165, 1.54) is 11.3 Å². The highest BCUT2D eigenvalue weighted by molar-refractivity contribution is 7.12. The van der Waals surface area contributed by atoms with E-state index in [1.807, 2.05) is 48.7 Å². The minimum atomic E-state index is -0.397.